The molecule has 3 heterocycles. The van der Waals surface area contributed by atoms with Crippen LogP contribution in [0.15, 0.2) is 54.6 Å². The van der Waals surface area contributed by atoms with Crippen molar-refractivity contribution in [2.75, 3.05) is 13.1 Å². The molecule has 0 saturated carbocycles. The molecule has 2 N–H and O–H groups in total. The topological polar surface area (TPSA) is 83.8 Å². The summed E-state index contributed by atoms with van der Waals surface area (Å²) in [7, 11) is 0. The molecule has 8 heteroatoms. The first-order valence-electron chi connectivity index (χ1n) is 14.6. The van der Waals surface area contributed by atoms with Crippen LogP contribution in [0.2, 0.25) is 5.02 Å². The summed E-state index contributed by atoms with van der Waals surface area (Å²) in [6, 6.07) is 17.6. The zero-order chi connectivity index (χ0) is 29.6. The van der Waals surface area contributed by atoms with Crippen molar-refractivity contribution >= 4 is 34.5 Å². The molecule has 7 nitrogen and oxygen atoms in total. The van der Waals surface area contributed by atoms with Crippen LogP contribution >= 0.6 is 11.6 Å². The number of ether oxygens (including phenoxy) is 1. The van der Waals surface area contributed by atoms with Gasteiger partial charge in [0.05, 0.1) is 28.4 Å². The Hall–Kier alpha value is -3.65. The highest BCUT2D eigenvalue weighted by Gasteiger charge is 2.31. The third-order valence-corrected chi connectivity index (χ3v) is 8.47. The second kappa shape index (κ2) is 11.2. The molecule has 0 spiro atoms. The second-order valence-electron chi connectivity index (χ2n) is 12.3. The van der Waals surface area contributed by atoms with Gasteiger partial charge in [-0.05, 0) is 87.7 Å². The molecule has 2 aliphatic rings. The molecule has 0 aliphatic carbocycles. The number of rotatable bonds is 5. The van der Waals surface area contributed by atoms with E-state index >= 15 is 0 Å². The maximum atomic E-state index is 13.8. The number of likely N-dealkylation sites (tertiary alicyclic amines) is 1. The fourth-order valence-electron chi connectivity index (χ4n) is 6.04. The van der Waals surface area contributed by atoms with E-state index in [0.717, 1.165) is 47.2 Å². The van der Waals surface area contributed by atoms with E-state index in [0.29, 0.717) is 34.0 Å². The number of hydrogen-bond acceptors (Lipinski definition) is 5. The number of nitrogens with zero attached hydrogens (tertiary/aromatic N) is 2. The summed E-state index contributed by atoms with van der Waals surface area (Å²) < 4.78 is 7.46. The number of benzene rings is 3. The predicted molar refractivity (Wildman–Crippen MR) is 166 cm³/mol. The monoisotopic (exact) mass is 585 g/mol. The van der Waals surface area contributed by atoms with E-state index < -0.39 is 11.7 Å². The van der Waals surface area contributed by atoms with Crippen LogP contribution in [0.5, 0.6) is 0 Å². The molecule has 0 bridgehead atoms. The number of aliphatic hydroxyl groups is 1. The van der Waals surface area contributed by atoms with Crippen LogP contribution in [0, 0.1) is 0 Å². The summed E-state index contributed by atoms with van der Waals surface area (Å²) in [5.41, 5.74) is 5.94. The maximum Gasteiger partial charge on any atom is 0.419 e. The number of aliphatic hydroxyl groups excluding tert-OH is 1. The number of hydrogen-bond donors (Lipinski definition) is 2. The molecular formula is C34H36ClN3O4. The van der Waals surface area contributed by atoms with Crippen molar-refractivity contribution in [1.82, 2.24) is 14.8 Å². The molecule has 1 aromatic heterocycles. The normalized spacial score (nSPS) is 15.6. The second-order valence-corrected chi connectivity index (χ2v) is 12.6. The first kappa shape index (κ1) is 28.5. The van der Waals surface area contributed by atoms with Crippen LogP contribution < -0.4 is 5.32 Å². The average Bonchev–Trinajstić information content (AvgIpc) is 3.54. The fourth-order valence-corrected chi connectivity index (χ4v) is 6.37. The molecule has 6 rings (SSSR count). The summed E-state index contributed by atoms with van der Waals surface area (Å²) in [6.45, 7) is 8.81. The molecule has 4 aromatic rings. The van der Waals surface area contributed by atoms with Gasteiger partial charge in [0.25, 0.3) is 5.91 Å². The van der Waals surface area contributed by atoms with Crippen molar-refractivity contribution in [2.24, 2.45) is 0 Å². The summed E-state index contributed by atoms with van der Waals surface area (Å²) in [6.07, 6.45) is 3.21. The summed E-state index contributed by atoms with van der Waals surface area (Å²) in [4.78, 5) is 29.5. The van der Waals surface area contributed by atoms with Gasteiger partial charge in [-0.3, -0.25) is 9.69 Å². The van der Waals surface area contributed by atoms with Gasteiger partial charge < -0.3 is 15.2 Å². The summed E-state index contributed by atoms with van der Waals surface area (Å²) in [5, 5.41) is 13.8. The van der Waals surface area contributed by atoms with Crippen LogP contribution in [0.1, 0.15) is 67.1 Å². The number of carbonyl (C=O) groups excluding carboxylic acids is 2. The van der Waals surface area contributed by atoms with Crippen LogP contribution in [0.4, 0.5) is 4.79 Å². The van der Waals surface area contributed by atoms with E-state index in [4.69, 9.17) is 16.3 Å². The largest absolute Gasteiger partial charge is 0.443 e. The number of piperidine rings is 1. The number of nitrogens with one attached hydrogen (secondary N) is 1. The van der Waals surface area contributed by atoms with Crippen molar-refractivity contribution in [3.8, 4) is 22.4 Å². The van der Waals surface area contributed by atoms with Crippen molar-refractivity contribution in [1.29, 1.82) is 0 Å². The Bertz CT molecular complexity index is 1680. The Morgan fingerprint density at radius 3 is 2.38 bits per heavy atom. The number of halogens is 1. The number of amides is 1. The third kappa shape index (κ3) is 5.44. The Kier molecular flexibility index (Phi) is 7.60. The molecule has 1 amide bonds. The highest BCUT2D eigenvalue weighted by atomic mass is 35.5. The minimum atomic E-state index is -0.710. The highest BCUT2D eigenvalue weighted by Crippen LogP contribution is 2.42. The van der Waals surface area contributed by atoms with Gasteiger partial charge >= 0.3 is 6.09 Å². The summed E-state index contributed by atoms with van der Waals surface area (Å²) >= 11 is 6.92. The lowest BCUT2D eigenvalue weighted by molar-refractivity contribution is 0.0547. The Labute approximate surface area is 251 Å². The lowest BCUT2D eigenvalue weighted by Gasteiger charge is -2.26. The van der Waals surface area contributed by atoms with E-state index in [1.165, 1.54) is 24.8 Å². The Morgan fingerprint density at radius 1 is 0.976 bits per heavy atom. The molecule has 0 radical (unpaired) electrons. The lowest BCUT2D eigenvalue weighted by atomic mass is 9.93. The molecular weight excluding hydrogens is 550 g/mol. The van der Waals surface area contributed by atoms with Crippen molar-refractivity contribution in [2.45, 2.75) is 65.3 Å². The standard InChI is InChI=1S/C34H36ClN3O4/c1-34(2,3)42-33(41)38-28-12-9-22(19-37-13-5-4-6-14-37)15-24(28)16-29(38)26-17-25(23-10-7-21(20-39)8-11-23)31(35)27-18-36-32(40)30(26)27/h7-12,15-17,39H,4-6,13-14,18-20H2,1-3H3,(H,36,40). The van der Waals surface area contributed by atoms with E-state index in [9.17, 15) is 14.7 Å². The minimum Gasteiger partial charge on any atom is -0.443 e. The van der Waals surface area contributed by atoms with E-state index in [1.807, 2.05) is 63.2 Å². The van der Waals surface area contributed by atoms with Gasteiger partial charge in [0.2, 0.25) is 0 Å². The predicted octanol–water partition coefficient (Wildman–Crippen LogP) is 7.13. The van der Waals surface area contributed by atoms with E-state index in [1.54, 1.807) is 4.57 Å². The quantitative estimate of drug-likeness (QED) is 0.260. The molecule has 1 fully saturated rings. The third-order valence-electron chi connectivity index (χ3n) is 8.03. The van der Waals surface area contributed by atoms with Crippen molar-refractivity contribution < 1.29 is 19.4 Å². The average molecular weight is 586 g/mol. The van der Waals surface area contributed by atoms with Gasteiger partial charge in [-0.25, -0.2) is 9.36 Å². The number of carbonyl (C=O) groups is 2. The fraction of sp³-hybridized carbons (Fsp3) is 0.353. The highest BCUT2D eigenvalue weighted by molar-refractivity contribution is 6.35. The SMILES string of the molecule is CC(C)(C)OC(=O)n1c(-c2cc(-c3ccc(CO)cc3)c(Cl)c3c2C(=O)NC3)cc2cc(CN3CCCCC3)ccc21. The number of aromatic nitrogens is 1. The zero-order valence-corrected chi connectivity index (χ0v) is 25.1. The maximum absolute atomic E-state index is 13.8. The first-order valence-corrected chi connectivity index (χ1v) is 14.9. The van der Waals surface area contributed by atoms with Gasteiger partial charge in [0.15, 0.2) is 0 Å². The van der Waals surface area contributed by atoms with E-state index in [2.05, 4.69) is 22.3 Å². The molecule has 0 atom stereocenters. The van der Waals surface area contributed by atoms with Crippen LogP contribution in [-0.4, -0.2) is 45.3 Å². The molecule has 42 heavy (non-hydrogen) atoms. The molecule has 0 unspecified atom stereocenters. The molecule has 2 aliphatic heterocycles. The van der Waals surface area contributed by atoms with Gasteiger partial charge in [0, 0.05) is 35.2 Å². The zero-order valence-electron chi connectivity index (χ0n) is 24.3. The lowest BCUT2D eigenvalue weighted by Crippen LogP contribution is -2.29. The number of fused-ring (bicyclic) bond motifs is 2. The van der Waals surface area contributed by atoms with Gasteiger partial charge in [0.1, 0.15) is 5.60 Å². The van der Waals surface area contributed by atoms with Gasteiger partial charge in [-0.1, -0.05) is 48.4 Å². The van der Waals surface area contributed by atoms with Gasteiger partial charge in [-0.15, -0.1) is 0 Å². The molecule has 3 aromatic carbocycles. The van der Waals surface area contributed by atoms with Crippen LogP contribution in [0.3, 0.4) is 0 Å². The molecule has 1 saturated heterocycles. The smallest absolute Gasteiger partial charge is 0.419 e. The summed E-state index contributed by atoms with van der Waals surface area (Å²) in [5.74, 6) is -0.226. The minimum absolute atomic E-state index is 0.0579. The molecule has 218 valence electrons. The Morgan fingerprint density at radius 2 is 1.69 bits per heavy atom. The van der Waals surface area contributed by atoms with Crippen molar-refractivity contribution in [3.63, 3.8) is 0 Å². The first-order chi connectivity index (χ1) is 20.1. The van der Waals surface area contributed by atoms with E-state index in [-0.39, 0.29) is 12.5 Å². The van der Waals surface area contributed by atoms with Crippen LogP contribution in [0.25, 0.3) is 33.3 Å². The van der Waals surface area contributed by atoms with Gasteiger partial charge in [-0.2, -0.15) is 0 Å². The van der Waals surface area contributed by atoms with Crippen molar-refractivity contribution in [3.05, 3.63) is 81.9 Å². The van der Waals surface area contributed by atoms with Crippen LogP contribution in [-0.2, 0) is 24.4 Å². The Balaban J connectivity index is 1.54.